The number of fused-ring (bicyclic) bond motifs is 2. The highest BCUT2D eigenvalue weighted by atomic mass is 19.1. The zero-order valence-electron chi connectivity index (χ0n) is 21.7. The Hall–Kier alpha value is -5.12. The lowest BCUT2D eigenvalue weighted by atomic mass is 10.1. The molecule has 0 aliphatic carbocycles. The van der Waals surface area contributed by atoms with Crippen molar-refractivity contribution < 1.29 is 18.7 Å². The van der Waals surface area contributed by atoms with Gasteiger partial charge >= 0.3 is 0 Å². The number of aryl methyl sites for hydroxylation is 1. The first kappa shape index (κ1) is 25.2. The summed E-state index contributed by atoms with van der Waals surface area (Å²) in [4.78, 5) is 30.8. The van der Waals surface area contributed by atoms with E-state index in [1.165, 1.54) is 19.4 Å². The number of carbonyl (C=O) groups is 1. The highest BCUT2D eigenvalue weighted by Crippen LogP contribution is 2.46. The number of methoxy groups -OCH3 is 1. The van der Waals surface area contributed by atoms with Crippen LogP contribution in [0.5, 0.6) is 17.2 Å². The lowest BCUT2D eigenvalue weighted by Gasteiger charge is -2.26. The summed E-state index contributed by atoms with van der Waals surface area (Å²) in [7, 11) is 1.54. The molecule has 2 N–H and O–H groups in total. The summed E-state index contributed by atoms with van der Waals surface area (Å²) in [5.74, 6) is -0.0792. The van der Waals surface area contributed by atoms with Gasteiger partial charge in [0.1, 0.15) is 22.5 Å². The van der Waals surface area contributed by atoms with Gasteiger partial charge < -0.3 is 29.2 Å². The Bertz CT molecular complexity index is 1770. The third kappa shape index (κ3) is 4.64. The average molecular weight is 540 g/mol. The summed E-state index contributed by atoms with van der Waals surface area (Å²) < 4.78 is 30.8. The Morgan fingerprint density at radius 2 is 2.00 bits per heavy atom. The quantitative estimate of drug-likeness (QED) is 0.254. The maximum atomic E-state index is 15.6. The molecule has 202 valence electrons. The van der Waals surface area contributed by atoms with Crippen molar-refractivity contribution in [1.82, 2.24) is 19.4 Å². The SMILES string of the molecule is COc1ccc2c(c1)Oc1c(NCCCn3ccnc3)c(F)cc3c(=O)c(C(=O)NCc4ccccc4)cn-2c13. The number of rotatable bonds is 9. The van der Waals surface area contributed by atoms with Crippen LogP contribution in [0, 0.1) is 5.82 Å². The van der Waals surface area contributed by atoms with E-state index in [9.17, 15) is 9.59 Å². The van der Waals surface area contributed by atoms with Gasteiger partial charge in [-0.1, -0.05) is 30.3 Å². The zero-order valence-corrected chi connectivity index (χ0v) is 21.7. The molecule has 1 aliphatic heterocycles. The predicted molar refractivity (Wildman–Crippen MR) is 149 cm³/mol. The smallest absolute Gasteiger partial charge is 0.257 e. The van der Waals surface area contributed by atoms with Crippen LogP contribution in [0.1, 0.15) is 22.3 Å². The van der Waals surface area contributed by atoms with Crippen LogP contribution in [0.3, 0.4) is 0 Å². The standard InChI is InChI=1S/C30H26FN5O4/c1-39-20-8-9-24-25(14-20)40-29-26(33-10-5-12-35-13-11-32-18-35)23(31)15-21-27(29)36(24)17-22(28(21)37)30(38)34-16-19-6-3-2-4-7-19/h2-4,6-9,11,13-15,17-18,33H,5,10,12,16H2,1H3,(H,34,38). The number of imidazole rings is 1. The molecule has 1 aliphatic rings. The van der Waals surface area contributed by atoms with Crippen molar-refractivity contribution in [2.75, 3.05) is 19.0 Å². The van der Waals surface area contributed by atoms with Crippen LogP contribution in [0.2, 0.25) is 0 Å². The molecule has 0 radical (unpaired) electrons. The second kappa shape index (κ2) is 10.6. The minimum atomic E-state index is -0.651. The highest BCUT2D eigenvalue weighted by Gasteiger charge is 2.28. The third-order valence-corrected chi connectivity index (χ3v) is 6.83. The second-order valence-electron chi connectivity index (χ2n) is 9.39. The van der Waals surface area contributed by atoms with E-state index in [2.05, 4.69) is 15.6 Å². The maximum Gasteiger partial charge on any atom is 0.257 e. The monoisotopic (exact) mass is 539 g/mol. The Kier molecular flexibility index (Phi) is 6.65. The van der Waals surface area contributed by atoms with Crippen molar-refractivity contribution in [3.8, 4) is 22.9 Å². The van der Waals surface area contributed by atoms with Crippen molar-refractivity contribution in [2.45, 2.75) is 19.5 Å². The molecule has 0 fully saturated rings. The number of hydrogen-bond donors (Lipinski definition) is 2. The number of carbonyl (C=O) groups excluding carboxylic acids is 1. The molecular formula is C30H26FN5O4. The van der Waals surface area contributed by atoms with Gasteiger partial charge in [0.25, 0.3) is 5.91 Å². The van der Waals surface area contributed by atoms with Gasteiger partial charge in [0.2, 0.25) is 5.43 Å². The Morgan fingerprint density at radius 3 is 2.77 bits per heavy atom. The number of nitrogens with zero attached hydrogens (tertiary/aromatic N) is 3. The number of anilines is 1. The van der Waals surface area contributed by atoms with Gasteiger partial charge in [0, 0.05) is 44.3 Å². The van der Waals surface area contributed by atoms with Gasteiger partial charge in [-0.05, 0) is 30.2 Å². The van der Waals surface area contributed by atoms with Crippen LogP contribution in [0.25, 0.3) is 16.6 Å². The fourth-order valence-corrected chi connectivity index (χ4v) is 4.82. The second-order valence-corrected chi connectivity index (χ2v) is 9.39. The number of halogens is 1. The summed E-state index contributed by atoms with van der Waals surface area (Å²) in [5, 5.41) is 5.99. The number of benzene rings is 3. The van der Waals surface area contributed by atoms with Crippen molar-refractivity contribution in [1.29, 1.82) is 0 Å². The topological polar surface area (TPSA) is 99.4 Å². The summed E-state index contributed by atoms with van der Waals surface area (Å²) in [6.45, 7) is 1.40. The molecule has 0 bridgehead atoms. The van der Waals surface area contributed by atoms with Crippen LogP contribution in [-0.2, 0) is 13.1 Å². The number of aromatic nitrogens is 3. The molecule has 0 unspecified atom stereocenters. The van der Waals surface area contributed by atoms with Gasteiger partial charge in [0.15, 0.2) is 17.3 Å². The summed E-state index contributed by atoms with van der Waals surface area (Å²) in [6, 6.07) is 15.8. The van der Waals surface area contributed by atoms with Crippen LogP contribution in [0.15, 0.2) is 84.3 Å². The molecular weight excluding hydrogens is 513 g/mol. The van der Waals surface area contributed by atoms with E-state index in [4.69, 9.17) is 9.47 Å². The molecule has 6 rings (SSSR count). The first-order valence-electron chi connectivity index (χ1n) is 12.8. The molecule has 0 spiro atoms. The molecule has 2 aromatic heterocycles. The van der Waals surface area contributed by atoms with Crippen molar-refractivity contribution in [2.24, 2.45) is 0 Å². The number of ether oxygens (including phenoxy) is 2. The average Bonchev–Trinajstić information content (AvgIpc) is 3.50. The Balaban J connectivity index is 1.41. The molecule has 1 amide bonds. The van der Waals surface area contributed by atoms with Crippen LogP contribution in [-0.4, -0.2) is 33.7 Å². The molecule has 10 heteroatoms. The molecule has 3 heterocycles. The number of nitrogens with one attached hydrogen (secondary N) is 2. The Morgan fingerprint density at radius 1 is 1.15 bits per heavy atom. The van der Waals surface area contributed by atoms with E-state index < -0.39 is 17.2 Å². The van der Waals surface area contributed by atoms with Gasteiger partial charge in [-0.15, -0.1) is 0 Å². The normalized spacial score (nSPS) is 11.6. The van der Waals surface area contributed by atoms with E-state index in [1.54, 1.807) is 35.3 Å². The van der Waals surface area contributed by atoms with Gasteiger partial charge in [-0.3, -0.25) is 9.59 Å². The van der Waals surface area contributed by atoms with E-state index in [1.807, 2.05) is 41.1 Å². The van der Waals surface area contributed by atoms with Gasteiger partial charge in [-0.2, -0.15) is 0 Å². The molecule has 40 heavy (non-hydrogen) atoms. The first-order valence-corrected chi connectivity index (χ1v) is 12.8. The minimum absolute atomic E-state index is 0.0466. The lowest BCUT2D eigenvalue weighted by Crippen LogP contribution is -2.30. The van der Waals surface area contributed by atoms with Crippen molar-refractivity contribution in [3.63, 3.8) is 0 Å². The Labute approximate surface area is 228 Å². The largest absolute Gasteiger partial charge is 0.497 e. The van der Waals surface area contributed by atoms with E-state index in [-0.39, 0.29) is 28.9 Å². The van der Waals surface area contributed by atoms with Crippen molar-refractivity contribution in [3.05, 3.63) is 107 Å². The molecule has 0 saturated carbocycles. The first-order chi connectivity index (χ1) is 19.5. The molecule has 9 nitrogen and oxygen atoms in total. The van der Waals surface area contributed by atoms with Crippen molar-refractivity contribution >= 4 is 22.5 Å². The summed E-state index contributed by atoms with van der Waals surface area (Å²) in [6.07, 6.45) is 7.48. The maximum absolute atomic E-state index is 15.6. The fraction of sp³-hybridized carbons (Fsp3) is 0.167. The lowest BCUT2D eigenvalue weighted by molar-refractivity contribution is 0.0949. The number of amides is 1. The van der Waals surface area contributed by atoms with Gasteiger partial charge in [-0.25, -0.2) is 9.37 Å². The van der Waals surface area contributed by atoms with E-state index >= 15 is 4.39 Å². The molecule has 5 aromatic rings. The summed E-state index contributed by atoms with van der Waals surface area (Å²) in [5.41, 5.74) is 1.32. The molecule has 3 aromatic carbocycles. The zero-order chi connectivity index (χ0) is 27.6. The van der Waals surface area contributed by atoms with E-state index in [0.29, 0.717) is 42.2 Å². The number of pyridine rings is 1. The van der Waals surface area contributed by atoms with Crippen LogP contribution >= 0.6 is 0 Å². The summed E-state index contributed by atoms with van der Waals surface area (Å²) >= 11 is 0. The highest BCUT2D eigenvalue weighted by molar-refractivity contribution is 6.01. The van der Waals surface area contributed by atoms with E-state index in [0.717, 1.165) is 5.56 Å². The fourth-order valence-electron chi connectivity index (χ4n) is 4.82. The van der Waals surface area contributed by atoms with Gasteiger partial charge in [0.05, 0.1) is 24.5 Å². The van der Waals surface area contributed by atoms with Crippen LogP contribution in [0.4, 0.5) is 10.1 Å². The predicted octanol–water partition coefficient (Wildman–Crippen LogP) is 4.87. The number of hydrogen-bond acceptors (Lipinski definition) is 6. The third-order valence-electron chi connectivity index (χ3n) is 6.83. The van der Waals surface area contributed by atoms with Crippen LogP contribution < -0.4 is 25.5 Å². The molecule has 0 atom stereocenters. The minimum Gasteiger partial charge on any atom is -0.497 e. The molecule has 0 saturated heterocycles.